The van der Waals surface area contributed by atoms with Gasteiger partial charge in [-0.3, -0.25) is 9.48 Å². The Hall–Kier alpha value is -2.84. The second-order valence-corrected chi connectivity index (χ2v) is 6.67. The summed E-state index contributed by atoms with van der Waals surface area (Å²) in [4.78, 5) is 24.2. The minimum Gasteiger partial charge on any atom is -0.480 e. The molecule has 9 heteroatoms. The highest BCUT2D eigenvalue weighted by atomic mass is 19.4. The van der Waals surface area contributed by atoms with Gasteiger partial charge < -0.3 is 10.4 Å². The number of aryl methyl sites for hydroxylation is 1. The van der Waals surface area contributed by atoms with Crippen molar-refractivity contribution in [2.45, 2.75) is 51.9 Å². The first-order chi connectivity index (χ1) is 13.0. The second-order valence-electron chi connectivity index (χ2n) is 6.67. The van der Waals surface area contributed by atoms with Crippen LogP contribution in [0.15, 0.2) is 30.3 Å². The van der Waals surface area contributed by atoms with E-state index >= 15 is 0 Å². The number of rotatable bonds is 7. The van der Waals surface area contributed by atoms with E-state index in [1.54, 1.807) is 30.3 Å². The summed E-state index contributed by atoms with van der Waals surface area (Å²) in [5.41, 5.74) is 1.64. The van der Waals surface area contributed by atoms with Crippen LogP contribution in [0.5, 0.6) is 0 Å². The van der Waals surface area contributed by atoms with Gasteiger partial charge in [0.15, 0.2) is 0 Å². The van der Waals surface area contributed by atoms with E-state index in [4.69, 9.17) is 0 Å². The molecule has 1 aromatic heterocycles. The van der Waals surface area contributed by atoms with Crippen molar-refractivity contribution >= 4 is 11.9 Å². The van der Waals surface area contributed by atoms with E-state index < -0.39 is 36.6 Å². The van der Waals surface area contributed by atoms with Gasteiger partial charge in [0.2, 0.25) is 5.91 Å². The van der Waals surface area contributed by atoms with E-state index in [0.717, 1.165) is 10.2 Å². The number of halogens is 3. The third-order valence-corrected chi connectivity index (χ3v) is 4.49. The average molecular weight is 397 g/mol. The molecule has 2 aromatic rings. The molecule has 1 heterocycles. The maximum Gasteiger partial charge on any atom is 0.408 e. The van der Waals surface area contributed by atoms with Gasteiger partial charge in [0.25, 0.3) is 0 Å². The number of nitrogens with one attached hydrogen (secondary N) is 1. The van der Waals surface area contributed by atoms with Crippen molar-refractivity contribution in [2.75, 3.05) is 0 Å². The van der Waals surface area contributed by atoms with Crippen LogP contribution in [0, 0.1) is 13.8 Å². The summed E-state index contributed by atoms with van der Waals surface area (Å²) in [6.07, 6.45) is -4.34. The summed E-state index contributed by atoms with van der Waals surface area (Å²) in [5.74, 6) is -2.62. The summed E-state index contributed by atoms with van der Waals surface area (Å²) in [6, 6.07) is 7.68. The zero-order chi connectivity index (χ0) is 21.1. The van der Waals surface area contributed by atoms with Crippen molar-refractivity contribution in [3.63, 3.8) is 0 Å². The lowest BCUT2D eigenvalue weighted by Crippen LogP contribution is -2.44. The van der Waals surface area contributed by atoms with Crippen LogP contribution in [-0.2, 0) is 22.6 Å². The zero-order valence-electron chi connectivity index (χ0n) is 15.7. The molecule has 0 radical (unpaired) electrons. The van der Waals surface area contributed by atoms with Crippen molar-refractivity contribution < 1.29 is 27.9 Å². The third-order valence-electron chi connectivity index (χ3n) is 4.49. The largest absolute Gasteiger partial charge is 0.480 e. The summed E-state index contributed by atoms with van der Waals surface area (Å²) in [7, 11) is 0. The standard InChI is InChI=1S/C19H22F3N3O3/c1-11(16-12(2)24-25(13(16)3)10-19(20,21)22)17(26)23-15(18(27)28)9-14-7-5-4-6-8-14/h4-8,11,15H,9-10H2,1-3H3,(H,23,26)(H,27,28). The predicted molar refractivity (Wildman–Crippen MR) is 95.9 cm³/mol. The average Bonchev–Trinajstić information content (AvgIpc) is 2.86. The molecule has 1 aromatic carbocycles. The molecule has 0 fully saturated rings. The van der Waals surface area contributed by atoms with Crippen molar-refractivity contribution in [2.24, 2.45) is 0 Å². The van der Waals surface area contributed by atoms with Crippen LogP contribution in [0.3, 0.4) is 0 Å². The molecular formula is C19H22F3N3O3. The number of carboxylic acid groups (broad SMARTS) is 1. The van der Waals surface area contributed by atoms with Crippen LogP contribution in [0.25, 0.3) is 0 Å². The van der Waals surface area contributed by atoms with Crippen molar-refractivity contribution in [1.82, 2.24) is 15.1 Å². The Balaban J connectivity index is 2.18. The molecule has 2 atom stereocenters. The molecule has 6 nitrogen and oxygen atoms in total. The maximum atomic E-state index is 12.7. The Morgan fingerprint density at radius 3 is 2.36 bits per heavy atom. The second kappa shape index (κ2) is 8.45. The van der Waals surface area contributed by atoms with Crippen LogP contribution in [0.4, 0.5) is 13.2 Å². The number of carboxylic acids is 1. The normalized spacial score (nSPS) is 13.8. The minimum absolute atomic E-state index is 0.0972. The molecule has 0 aliphatic carbocycles. The third kappa shape index (κ3) is 5.34. The van der Waals surface area contributed by atoms with Crippen LogP contribution in [0.1, 0.15) is 35.4 Å². The molecule has 0 bridgehead atoms. The fourth-order valence-corrected chi connectivity index (χ4v) is 3.14. The quantitative estimate of drug-likeness (QED) is 0.752. The first kappa shape index (κ1) is 21.5. The molecule has 0 saturated heterocycles. The molecule has 152 valence electrons. The lowest BCUT2D eigenvalue weighted by Gasteiger charge is -2.18. The number of carbonyl (C=O) groups is 2. The highest BCUT2D eigenvalue weighted by molar-refractivity contribution is 5.88. The van der Waals surface area contributed by atoms with Crippen LogP contribution in [0.2, 0.25) is 0 Å². The lowest BCUT2D eigenvalue weighted by atomic mass is 9.97. The summed E-state index contributed by atoms with van der Waals surface area (Å²) < 4.78 is 38.9. The summed E-state index contributed by atoms with van der Waals surface area (Å²) in [6.45, 7) is 3.26. The SMILES string of the molecule is Cc1nn(CC(F)(F)F)c(C)c1C(C)C(=O)NC(Cc1ccccc1)C(=O)O. The van der Waals surface area contributed by atoms with Gasteiger partial charge in [0, 0.05) is 17.7 Å². The van der Waals surface area contributed by atoms with Gasteiger partial charge in [0.1, 0.15) is 12.6 Å². The number of aromatic nitrogens is 2. The Labute approximate surface area is 160 Å². The van der Waals surface area contributed by atoms with E-state index in [2.05, 4.69) is 10.4 Å². The summed E-state index contributed by atoms with van der Waals surface area (Å²) in [5, 5.41) is 15.8. The first-order valence-electron chi connectivity index (χ1n) is 8.67. The highest BCUT2D eigenvalue weighted by Gasteiger charge is 2.32. The van der Waals surface area contributed by atoms with E-state index in [9.17, 15) is 27.9 Å². The number of alkyl halides is 3. The zero-order valence-corrected chi connectivity index (χ0v) is 15.7. The Bertz CT molecular complexity index is 847. The fraction of sp³-hybridized carbons (Fsp3) is 0.421. The molecule has 0 aliphatic rings. The highest BCUT2D eigenvalue weighted by Crippen LogP contribution is 2.26. The maximum absolute atomic E-state index is 12.7. The number of amides is 1. The van der Waals surface area contributed by atoms with Gasteiger partial charge in [0.05, 0.1) is 11.6 Å². The Kier molecular flexibility index (Phi) is 6.48. The first-order valence-corrected chi connectivity index (χ1v) is 8.67. The smallest absolute Gasteiger partial charge is 0.408 e. The van der Waals surface area contributed by atoms with Gasteiger partial charge >= 0.3 is 12.1 Å². The number of carbonyl (C=O) groups excluding carboxylic acids is 1. The number of aliphatic carboxylic acids is 1. The van der Waals surface area contributed by atoms with E-state index in [1.807, 2.05) is 0 Å². The molecular weight excluding hydrogens is 375 g/mol. The minimum atomic E-state index is -4.43. The predicted octanol–water partition coefficient (Wildman–Crippen LogP) is 2.98. The number of hydrogen-bond donors (Lipinski definition) is 2. The number of benzene rings is 1. The molecule has 2 rings (SSSR count). The van der Waals surface area contributed by atoms with Crippen molar-refractivity contribution in [1.29, 1.82) is 0 Å². The van der Waals surface area contributed by atoms with Crippen LogP contribution in [-0.4, -0.2) is 39.0 Å². The fourth-order valence-electron chi connectivity index (χ4n) is 3.14. The van der Waals surface area contributed by atoms with E-state index in [1.165, 1.54) is 20.8 Å². The van der Waals surface area contributed by atoms with E-state index in [-0.39, 0.29) is 12.1 Å². The molecule has 2 N–H and O–H groups in total. The van der Waals surface area contributed by atoms with Crippen molar-refractivity contribution in [3.05, 3.63) is 52.8 Å². The molecule has 2 unspecified atom stereocenters. The van der Waals surface area contributed by atoms with Gasteiger partial charge in [-0.15, -0.1) is 0 Å². The van der Waals surface area contributed by atoms with Crippen molar-refractivity contribution in [3.8, 4) is 0 Å². The van der Waals surface area contributed by atoms with Gasteiger partial charge in [-0.2, -0.15) is 18.3 Å². The monoisotopic (exact) mass is 397 g/mol. The lowest BCUT2D eigenvalue weighted by molar-refractivity contribution is -0.143. The molecule has 0 spiro atoms. The molecule has 0 aliphatic heterocycles. The molecule has 0 saturated carbocycles. The Morgan fingerprint density at radius 2 is 1.82 bits per heavy atom. The summed E-state index contributed by atoms with van der Waals surface area (Å²) >= 11 is 0. The van der Waals surface area contributed by atoms with Gasteiger partial charge in [-0.1, -0.05) is 30.3 Å². The van der Waals surface area contributed by atoms with Crippen LogP contribution < -0.4 is 5.32 Å². The number of hydrogen-bond acceptors (Lipinski definition) is 3. The van der Waals surface area contributed by atoms with Gasteiger partial charge in [-0.05, 0) is 26.3 Å². The molecule has 1 amide bonds. The topological polar surface area (TPSA) is 84.2 Å². The van der Waals surface area contributed by atoms with Gasteiger partial charge in [-0.25, -0.2) is 4.79 Å². The number of nitrogens with zero attached hydrogens (tertiary/aromatic N) is 2. The van der Waals surface area contributed by atoms with Crippen LogP contribution >= 0.6 is 0 Å². The molecule has 28 heavy (non-hydrogen) atoms. The van der Waals surface area contributed by atoms with E-state index in [0.29, 0.717) is 11.3 Å². The Morgan fingerprint density at radius 1 is 1.21 bits per heavy atom.